The highest BCUT2D eigenvalue weighted by molar-refractivity contribution is 7.99. The molecule has 0 saturated carbocycles. The number of carboxylic acid groups (broad SMARTS) is 1. The van der Waals surface area contributed by atoms with Crippen molar-refractivity contribution in [2.45, 2.75) is 19.4 Å². The number of carbonyl (C=O) groups is 1. The molecule has 2 heterocycles. The topological polar surface area (TPSA) is 84.3 Å². The molecule has 126 valence electrons. The second-order valence-corrected chi connectivity index (χ2v) is 6.57. The molecule has 1 unspecified atom stereocenters. The number of hydrogen-bond donors (Lipinski definition) is 2. The third-order valence-electron chi connectivity index (χ3n) is 3.72. The molecule has 0 amide bonds. The molecule has 1 saturated heterocycles. The average Bonchev–Trinajstić information content (AvgIpc) is 3.08. The Morgan fingerprint density at radius 1 is 1.46 bits per heavy atom. The van der Waals surface area contributed by atoms with Crippen LogP contribution in [0.1, 0.15) is 23.7 Å². The minimum atomic E-state index is -1.02. The summed E-state index contributed by atoms with van der Waals surface area (Å²) in [4.78, 5) is 20.2. The predicted octanol–water partition coefficient (Wildman–Crippen LogP) is 3.16. The van der Waals surface area contributed by atoms with Crippen molar-refractivity contribution in [3.63, 3.8) is 0 Å². The third-order valence-corrected chi connectivity index (χ3v) is 4.89. The summed E-state index contributed by atoms with van der Waals surface area (Å²) in [5.74, 6) is 2.13. The molecule has 1 aliphatic heterocycles. The first-order chi connectivity index (χ1) is 11.7. The summed E-state index contributed by atoms with van der Waals surface area (Å²) < 4.78 is 5.37. The Hall–Kier alpha value is -2.28. The van der Waals surface area contributed by atoms with Crippen LogP contribution in [-0.2, 0) is 0 Å². The van der Waals surface area contributed by atoms with Gasteiger partial charge in [0.05, 0.1) is 12.3 Å². The highest BCUT2D eigenvalue weighted by atomic mass is 32.2. The van der Waals surface area contributed by atoms with Gasteiger partial charge in [-0.1, -0.05) is 0 Å². The van der Waals surface area contributed by atoms with Crippen LogP contribution < -0.4 is 10.1 Å². The number of ether oxygens (including phenoxy) is 1. The van der Waals surface area contributed by atoms with E-state index in [1.54, 1.807) is 24.4 Å². The summed E-state index contributed by atoms with van der Waals surface area (Å²) >= 11 is 1.92. The van der Waals surface area contributed by atoms with Crippen molar-refractivity contribution >= 4 is 23.7 Å². The number of hydrogen-bond acceptors (Lipinski definition) is 6. The number of anilines is 1. The van der Waals surface area contributed by atoms with Crippen LogP contribution in [0.2, 0.25) is 0 Å². The zero-order chi connectivity index (χ0) is 16.9. The lowest BCUT2D eigenvalue weighted by atomic mass is 10.1. The Labute approximate surface area is 144 Å². The molecular weight excluding hydrogens is 326 g/mol. The van der Waals surface area contributed by atoms with Gasteiger partial charge in [-0.15, -0.1) is 0 Å². The number of nitrogens with one attached hydrogen (secondary N) is 1. The normalized spacial score (nSPS) is 16.8. The van der Waals surface area contributed by atoms with Gasteiger partial charge in [-0.2, -0.15) is 11.8 Å². The van der Waals surface area contributed by atoms with E-state index in [0.717, 1.165) is 23.5 Å². The standard InChI is InChI=1S/C17H19N3O3S/c1-2-23-15-4-3-11(9-13(15)16(21)22)14-5-7-18-17(20-14)19-12-6-8-24-10-12/h3-5,7,9,12H,2,6,8,10H2,1H3,(H,21,22)(H,18,19,20). The monoisotopic (exact) mass is 345 g/mol. The zero-order valence-corrected chi connectivity index (χ0v) is 14.2. The molecule has 0 spiro atoms. The largest absolute Gasteiger partial charge is 0.493 e. The molecular formula is C17H19N3O3S. The molecule has 0 bridgehead atoms. The van der Waals surface area contributed by atoms with Gasteiger partial charge in [-0.05, 0) is 43.4 Å². The van der Waals surface area contributed by atoms with Gasteiger partial charge >= 0.3 is 5.97 Å². The maximum atomic E-state index is 11.4. The molecule has 1 aromatic carbocycles. The molecule has 6 nitrogen and oxygen atoms in total. The quantitative estimate of drug-likeness (QED) is 0.832. The van der Waals surface area contributed by atoms with Gasteiger partial charge in [-0.3, -0.25) is 0 Å². The van der Waals surface area contributed by atoms with Gasteiger partial charge in [0.1, 0.15) is 11.3 Å². The Morgan fingerprint density at radius 3 is 3.04 bits per heavy atom. The van der Waals surface area contributed by atoms with E-state index in [0.29, 0.717) is 30.0 Å². The molecule has 1 atom stereocenters. The summed E-state index contributed by atoms with van der Waals surface area (Å²) in [5, 5.41) is 12.7. The van der Waals surface area contributed by atoms with Crippen LogP contribution in [0, 0.1) is 0 Å². The Bertz CT molecular complexity index is 733. The van der Waals surface area contributed by atoms with Crippen molar-refractivity contribution in [2.75, 3.05) is 23.4 Å². The van der Waals surface area contributed by atoms with E-state index in [1.807, 2.05) is 24.8 Å². The maximum absolute atomic E-state index is 11.4. The summed E-state index contributed by atoms with van der Waals surface area (Å²) in [5.41, 5.74) is 1.54. The van der Waals surface area contributed by atoms with Crippen molar-refractivity contribution in [3.8, 4) is 17.0 Å². The highest BCUT2D eigenvalue weighted by Gasteiger charge is 2.17. The van der Waals surface area contributed by atoms with Gasteiger partial charge < -0.3 is 15.2 Å². The van der Waals surface area contributed by atoms with Crippen LogP contribution in [-0.4, -0.2) is 45.2 Å². The van der Waals surface area contributed by atoms with Gasteiger partial charge in [0.15, 0.2) is 0 Å². The lowest BCUT2D eigenvalue weighted by Gasteiger charge is -2.12. The fourth-order valence-corrected chi connectivity index (χ4v) is 3.71. The number of rotatable bonds is 6. The van der Waals surface area contributed by atoms with Crippen molar-refractivity contribution in [1.29, 1.82) is 0 Å². The van der Waals surface area contributed by atoms with Crippen molar-refractivity contribution in [3.05, 3.63) is 36.0 Å². The van der Waals surface area contributed by atoms with E-state index >= 15 is 0 Å². The molecule has 2 N–H and O–H groups in total. The Morgan fingerprint density at radius 2 is 2.33 bits per heavy atom. The number of nitrogens with zero attached hydrogens (tertiary/aromatic N) is 2. The van der Waals surface area contributed by atoms with Gasteiger partial charge in [0, 0.05) is 23.6 Å². The summed E-state index contributed by atoms with van der Waals surface area (Å²) in [7, 11) is 0. The molecule has 3 rings (SSSR count). The number of carboxylic acids is 1. The lowest BCUT2D eigenvalue weighted by molar-refractivity contribution is 0.0692. The van der Waals surface area contributed by atoms with E-state index in [1.165, 1.54) is 0 Å². The van der Waals surface area contributed by atoms with Crippen LogP contribution in [0.4, 0.5) is 5.95 Å². The molecule has 7 heteroatoms. The molecule has 24 heavy (non-hydrogen) atoms. The van der Waals surface area contributed by atoms with Crippen LogP contribution in [0.25, 0.3) is 11.3 Å². The number of aromatic nitrogens is 2. The van der Waals surface area contributed by atoms with E-state index in [9.17, 15) is 9.90 Å². The average molecular weight is 345 g/mol. The van der Waals surface area contributed by atoms with Gasteiger partial charge in [-0.25, -0.2) is 14.8 Å². The smallest absolute Gasteiger partial charge is 0.339 e. The minimum absolute atomic E-state index is 0.134. The number of aromatic carboxylic acids is 1. The zero-order valence-electron chi connectivity index (χ0n) is 13.4. The number of thioether (sulfide) groups is 1. The minimum Gasteiger partial charge on any atom is -0.493 e. The van der Waals surface area contributed by atoms with Crippen LogP contribution in [0.3, 0.4) is 0 Å². The fourth-order valence-electron chi connectivity index (χ4n) is 2.56. The van der Waals surface area contributed by atoms with Crippen molar-refractivity contribution in [1.82, 2.24) is 9.97 Å². The van der Waals surface area contributed by atoms with Crippen LogP contribution in [0.5, 0.6) is 5.75 Å². The summed E-state index contributed by atoms with van der Waals surface area (Å²) in [6.45, 7) is 2.24. The summed E-state index contributed by atoms with van der Waals surface area (Å²) in [6.07, 6.45) is 2.79. The van der Waals surface area contributed by atoms with E-state index < -0.39 is 5.97 Å². The Kier molecular flexibility index (Phi) is 5.20. The maximum Gasteiger partial charge on any atom is 0.339 e. The third kappa shape index (κ3) is 3.79. The van der Waals surface area contributed by atoms with Gasteiger partial charge in [0.2, 0.25) is 5.95 Å². The first kappa shape index (κ1) is 16.6. The van der Waals surface area contributed by atoms with E-state index in [4.69, 9.17) is 4.74 Å². The highest BCUT2D eigenvalue weighted by Crippen LogP contribution is 2.27. The second-order valence-electron chi connectivity index (χ2n) is 5.42. The first-order valence-corrected chi connectivity index (χ1v) is 9.00. The van der Waals surface area contributed by atoms with E-state index in [2.05, 4.69) is 15.3 Å². The molecule has 1 fully saturated rings. The second kappa shape index (κ2) is 7.53. The van der Waals surface area contributed by atoms with Crippen molar-refractivity contribution < 1.29 is 14.6 Å². The molecule has 1 aromatic heterocycles. The first-order valence-electron chi connectivity index (χ1n) is 7.85. The van der Waals surface area contributed by atoms with Gasteiger partial charge in [0.25, 0.3) is 0 Å². The lowest BCUT2D eigenvalue weighted by Crippen LogP contribution is -2.19. The summed E-state index contributed by atoms with van der Waals surface area (Å²) in [6, 6.07) is 7.24. The van der Waals surface area contributed by atoms with Crippen molar-refractivity contribution in [2.24, 2.45) is 0 Å². The number of benzene rings is 1. The molecule has 0 radical (unpaired) electrons. The molecule has 2 aromatic rings. The fraction of sp³-hybridized carbons (Fsp3) is 0.353. The molecule has 1 aliphatic rings. The predicted molar refractivity (Wildman–Crippen MR) is 94.9 cm³/mol. The SMILES string of the molecule is CCOc1ccc(-c2ccnc(NC3CCSC3)n2)cc1C(=O)O. The molecule has 0 aliphatic carbocycles. The van der Waals surface area contributed by atoms with Crippen LogP contribution >= 0.6 is 11.8 Å². The Balaban J connectivity index is 1.87. The van der Waals surface area contributed by atoms with E-state index in [-0.39, 0.29) is 5.56 Å². The van der Waals surface area contributed by atoms with Crippen LogP contribution in [0.15, 0.2) is 30.5 Å².